The summed E-state index contributed by atoms with van der Waals surface area (Å²) in [5, 5.41) is 3.71. The molecule has 0 aliphatic heterocycles. The Bertz CT molecular complexity index is 844. The molecule has 0 saturated carbocycles. The van der Waals surface area contributed by atoms with E-state index in [9.17, 15) is 4.79 Å². The number of carbonyl (C=O) groups is 1. The van der Waals surface area contributed by atoms with Crippen molar-refractivity contribution in [2.24, 2.45) is 0 Å². The smallest absolute Gasteiger partial charge is 0.260 e. The van der Waals surface area contributed by atoms with E-state index in [-0.39, 0.29) is 5.91 Å². The third-order valence-electron chi connectivity index (χ3n) is 3.00. The lowest BCUT2D eigenvalue weighted by Crippen LogP contribution is -2.12. The largest absolute Gasteiger partial charge is 0.298 e. The molecule has 6 heteroatoms. The zero-order valence-electron chi connectivity index (χ0n) is 11.5. The second-order valence-electron chi connectivity index (χ2n) is 4.75. The summed E-state index contributed by atoms with van der Waals surface area (Å²) in [5.74, 6) is -0.303. The van der Waals surface area contributed by atoms with Crippen molar-refractivity contribution in [2.75, 3.05) is 5.32 Å². The van der Waals surface area contributed by atoms with Crippen molar-refractivity contribution < 1.29 is 4.79 Å². The first-order valence-electron chi connectivity index (χ1n) is 6.33. The zero-order chi connectivity index (χ0) is 15.0. The van der Waals surface area contributed by atoms with Crippen LogP contribution < -0.4 is 5.32 Å². The lowest BCUT2D eigenvalue weighted by molar-refractivity contribution is 0.102. The topological polar surface area (TPSA) is 54.9 Å². The van der Waals surface area contributed by atoms with Gasteiger partial charge in [-0.1, -0.05) is 29.0 Å². The number of aromatic nitrogens is 2. The Balaban J connectivity index is 1.89. The number of anilines is 1. The molecule has 0 saturated heterocycles. The van der Waals surface area contributed by atoms with Crippen LogP contribution in [0.5, 0.6) is 0 Å². The molecule has 0 bridgehead atoms. The molecule has 3 rings (SSSR count). The van der Waals surface area contributed by atoms with E-state index < -0.39 is 0 Å². The number of hydrogen-bond acceptors (Lipinski definition) is 4. The second kappa shape index (κ2) is 5.42. The maximum absolute atomic E-state index is 12.2. The molecule has 2 aromatic heterocycles. The minimum Gasteiger partial charge on any atom is -0.298 e. The summed E-state index contributed by atoms with van der Waals surface area (Å²) >= 11 is 7.51. The third kappa shape index (κ3) is 2.89. The Labute approximate surface area is 130 Å². The molecule has 0 spiro atoms. The number of nitrogens with zero attached hydrogens (tertiary/aromatic N) is 2. The fourth-order valence-electron chi connectivity index (χ4n) is 1.94. The van der Waals surface area contributed by atoms with Gasteiger partial charge in [0, 0.05) is 11.9 Å². The summed E-state index contributed by atoms with van der Waals surface area (Å²) in [6.07, 6.45) is 1.48. The standard InChI is InChI=1S/C15H12ClN3OS/c1-8-3-4-12-13(5-8)21-15(18-12)19-14(20)10-7-17-9(2)6-11(10)16/h3-7H,1-2H3,(H,18,19,20). The van der Waals surface area contributed by atoms with Gasteiger partial charge in [-0.15, -0.1) is 0 Å². The SMILES string of the molecule is Cc1ccc2nc(NC(=O)c3cnc(C)cc3Cl)sc2c1. The minimum absolute atomic E-state index is 0.303. The van der Waals surface area contributed by atoms with Crippen LogP contribution in [0.25, 0.3) is 10.2 Å². The number of halogens is 1. The lowest BCUT2D eigenvalue weighted by Gasteiger charge is -2.03. The van der Waals surface area contributed by atoms with Crippen LogP contribution in [0.15, 0.2) is 30.5 Å². The van der Waals surface area contributed by atoms with Crippen LogP contribution in [-0.2, 0) is 0 Å². The Morgan fingerprint density at radius 1 is 1.29 bits per heavy atom. The fraction of sp³-hybridized carbons (Fsp3) is 0.133. The number of amides is 1. The van der Waals surface area contributed by atoms with Gasteiger partial charge >= 0.3 is 0 Å². The molecule has 21 heavy (non-hydrogen) atoms. The number of thiazole rings is 1. The van der Waals surface area contributed by atoms with Crippen molar-refractivity contribution in [3.05, 3.63) is 52.3 Å². The van der Waals surface area contributed by atoms with Crippen LogP contribution in [0.4, 0.5) is 5.13 Å². The van der Waals surface area contributed by atoms with Crippen LogP contribution in [0, 0.1) is 13.8 Å². The van der Waals surface area contributed by atoms with Crippen molar-refractivity contribution in [1.82, 2.24) is 9.97 Å². The molecule has 0 atom stereocenters. The van der Waals surface area contributed by atoms with Crippen LogP contribution in [-0.4, -0.2) is 15.9 Å². The first kappa shape index (κ1) is 14.0. The maximum Gasteiger partial charge on any atom is 0.260 e. The Hall–Kier alpha value is -1.98. The van der Waals surface area contributed by atoms with E-state index in [2.05, 4.69) is 15.3 Å². The summed E-state index contributed by atoms with van der Waals surface area (Å²) in [7, 11) is 0. The molecule has 0 aliphatic rings. The predicted molar refractivity (Wildman–Crippen MR) is 86.3 cm³/mol. The molecule has 4 nitrogen and oxygen atoms in total. The van der Waals surface area contributed by atoms with E-state index >= 15 is 0 Å². The van der Waals surface area contributed by atoms with Gasteiger partial charge in [-0.3, -0.25) is 15.1 Å². The molecule has 106 valence electrons. The first-order valence-corrected chi connectivity index (χ1v) is 7.53. The summed E-state index contributed by atoms with van der Waals surface area (Å²) in [5.41, 5.74) is 3.15. The zero-order valence-corrected chi connectivity index (χ0v) is 13.0. The number of fused-ring (bicyclic) bond motifs is 1. The number of hydrogen-bond donors (Lipinski definition) is 1. The van der Waals surface area contributed by atoms with Crippen LogP contribution in [0.3, 0.4) is 0 Å². The molecule has 0 unspecified atom stereocenters. The molecule has 2 heterocycles. The predicted octanol–water partition coefficient (Wildman–Crippen LogP) is 4.21. The van der Waals surface area contributed by atoms with E-state index in [4.69, 9.17) is 11.6 Å². The van der Waals surface area contributed by atoms with E-state index in [1.807, 2.05) is 32.0 Å². The monoisotopic (exact) mass is 317 g/mol. The normalized spacial score (nSPS) is 10.8. The highest BCUT2D eigenvalue weighted by Gasteiger charge is 2.13. The number of benzene rings is 1. The highest BCUT2D eigenvalue weighted by Crippen LogP contribution is 2.27. The Morgan fingerprint density at radius 2 is 2.10 bits per heavy atom. The molecule has 1 amide bonds. The van der Waals surface area contributed by atoms with Gasteiger partial charge in [0.25, 0.3) is 5.91 Å². The van der Waals surface area contributed by atoms with E-state index in [0.717, 1.165) is 21.5 Å². The van der Waals surface area contributed by atoms with Crippen LogP contribution >= 0.6 is 22.9 Å². The Morgan fingerprint density at radius 3 is 2.86 bits per heavy atom. The van der Waals surface area contributed by atoms with Crippen molar-refractivity contribution >= 4 is 44.2 Å². The molecule has 3 aromatic rings. The fourth-order valence-corrected chi connectivity index (χ4v) is 3.19. The average Bonchev–Trinajstić information content (AvgIpc) is 2.79. The second-order valence-corrected chi connectivity index (χ2v) is 6.19. The van der Waals surface area contributed by atoms with Gasteiger partial charge in [-0.25, -0.2) is 4.98 Å². The van der Waals surface area contributed by atoms with Gasteiger partial charge < -0.3 is 0 Å². The highest BCUT2D eigenvalue weighted by molar-refractivity contribution is 7.22. The molecular weight excluding hydrogens is 306 g/mol. The minimum atomic E-state index is -0.303. The number of aryl methyl sites for hydroxylation is 2. The third-order valence-corrected chi connectivity index (χ3v) is 4.25. The first-order chi connectivity index (χ1) is 10.0. The van der Waals surface area contributed by atoms with Gasteiger partial charge in [0.05, 0.1) is 20.8 Å². The summed E-state index contributed by atoms with van der Waals surface area (Å²) in [6.45, 7) is 3.85. The van der Waals surface area contributed by atoms with Crippen molar-refractivity contribution in [3.8, 4) is 0 Å². The van der Waals surface area contributed by atoms with Crippen molar-refractivity contribution in [1.29, 1.82) is 0 Å². The summed E-state index contributed by atoms with van der Waals surface area (Å²) in [6, 6.07) is 7.65. The number of carbonyl (C=O) groups excluding carboxylic acids is 1. The van der Waals surface area contributed by atoms with Gasteiger partial charge in [-0.2, -0.15) is 0 Å². The van der Waals surface area contributed by atoms with Crippen molar-refractivity contribution in [2.45, 2.75) is 13.8 Å². The van der Waals surface area contributed by atoms with Crippen molar-refractivity contribution in [3.63, 3.8) is 0 Å². The Kier molecular flexibility index (Phi) is 3.61. The highest BCUT2D eigenvalue weighted by atomic mass is 35.5. The summed E-state index contributed by atoms with van der Waals surface area (Å²) < 4.78 is 1.04. The van der Waals surface area contributed by atoms with E-state index in [1.165, 1.54) is 17.5 Å². The molecular formula is C15H12ClN3OS. The van der Waals surface area contributed by atoms with Crippen LogP contribution in [0.2, 0.25) is 5.02 Å². The molecule has 1 aromatic carbocycles. The quantitative estimate of drug-likeness (QED) is 0.770. The number of pyridine rings is 1. The van der Waals surface area contributed by atoms with Crippen LogP contribution in [0.1, 0.15) is 21.6 Å². The lowest BCUT2D eigenvalue weighted by atomic mass is 10.2. The van der Waals surface area contributed by atoms with Gasteiger partial charge in [0.1, 0.15) is 0 Å². The molecule has 0 radical (unpaired) electrons. The number of nitrogens with one attached hydrogen (secondary N) is 1. The number of rotatable bonds is 2. The summed E-state index contributed by atoms with van der Waals surface area (Å²) in [4.78, 5) is 20.7. The molecule has 0 aliphatic carbocycles. The van der Waals surface area contributed by atoms with Gasteiger partial charge in [0.2, 0.25) is 0 Å². The molecule has 1 N–H and O–H groups in total. The molecule has 0 fully saturated rings. The maximum atomic E-state index is 12.2. The van der Waals surface area contributed by atoms with Gasteiger partial charge in [0.15, 0.2) is 5.13 Å². The van der Waals surface area contributed by atoms with E-state index in [0.29, 0.717) is 15.7 Å². The van der Waals surface area contributed by atoms with E-state index in [1.54, 1.807) is 6.07 Å². The van der Waals surface area contributed by atoms with Gasteiger partial charge in [-0.05, 0) is 37.6 Å². The average molecular weight is 318 g/mol.